The van der Waals surface area contributed by atoms with Crippen molar-refractivity contribution in [2.24, 2.45) is 17.1 Å². The van der Waals surface area contributed by atoms with Crippen molar-refractivity contribution < 1.29 is 0 Å². The number of hydrogen-bond acceptors (Lipinski definition) is 1. The van der Waals surface area contributed by atoms with Gasteiger partial charge in [0.2, 0.25) is 0 Å². The number of rotatable bonds is 3. The zero-order valence-electron chi connectivity index (χ0n) is 10.7. The van der Waals surface area contributed by atoms with E-state index in [1.807, 2.05) is 0 Å². The fourth-order valence-corrected chi connectivity index (χ4v) is 2.57. The standard InChI is InChI=1S/C14H25N/c1-10-7-12(8-10)11(2)14(6,15)9-13(3,4)5/h12H,1-2,7-9,15H2,3-6H3. The SMILES string of the molecule is C=C1CC(C(=C)C(C)(N)CC(C)(C)C)C1. The van der Waals surface area contributed by atoms with Crippen molar-refractivity contribution in [1.82, 2.24) is 0 Å². The second kappa shape index (κ2) is 3.79. The fraction of sp³-hybridized carbons (Fsp3) is 0.714. The Morgan fingerprint density at radius 2 is 1.80 bits per heavy atom. The normalized spacial score (nSPS) is 22.1. The van der Waals surface area contributed by atoms with Crippen LogP contribution in [0.15, 0.2) is 24.3 Å². The first kappa shape index (κ1) is 12.5. The van der Waals surface area contributed by atoms with E-state index in [9.17, 15) is 0 Å². The molecule has 1 saturated carbocycles. The minimum absolute atomic E-state index is 0.233. The largest absolute Gasteiger partial charge is 0.322 e. The maximum Gasteiger partial charge on any atom is 0.0345 e. The first-order valence-corrected chi connectivity index (χ1v) is 5.77. The number of hydrogen-bond donors (Lipinski definition) is 1. The summed E-state index contributed by atoms with van der Waals surface area (Å²) in [5.74, 6) is 0.579. The van der Waals surface area contributed by atoms with Gasteiger partial charge < -0.3 is 5.73 Å². The van der Waals surface area contributed by atoms with E-state index >= 15 is 0 Å². The van der Waals surface area contributed by atoms with Crippen LogP contribution in [-0.4, -0.2) is 5.54 Å². The van der Waals surface area contributed by atoms with Crippen LogP contribution in [-0.2, 0) is 0 Å². The van der Waals surface area contributed by atoms with Crippen molar-refractivity contribution in [1.29, 1.82) is 0 Å². The molecule has 86 valence electrons. The Balaban J connectivity index is 2.61. The Morgan fingerprint density at radius 1 is 1.33 bits per heavy atom. The molecule has 2 N–H and O–H groups in total. The lowest BCUT2D eigenvalue weighted by Crippen LogP contribution is -2.45. The molecule has 1 aliphatic rings. The lowest BCUT2D eigenvalue weighted by Gasteiger charge is -2.41. The van der Waals surface area contributed by atoms with Gasteiger partial charge in [-0.3, -0.25) is 0 Å². The highest BCUT2D eigenvalue weighted by Crippen LogP contribution is 2.42. The molecule has 1 nitrogen and oxygen atoms in total. The Morgan fingerprint density at radius 3 is 2.13 bits per heavy atom. The van der Waals surface area contributed by atoms with Gasteiger partial charge in [-0.05, 0) is 37.5 Å². The average molecular weight is 207 g/mol. The van der Waals surface area contributed by atoms with Crippen molar-refractivity contribution in [3.05, 3.63) is 24.3 Å². The van der Waals surface area contributed by atoms with Gasteiger partial charge in [-0.15, -0.1) is 0 Å². The van der Waals surface area contributed by atoms with Crippen LogP contribution < -0.4 is 5.73 Å². The van der Waals surface area contributed by atoms with Gasteiger partial charge in [0.25, 0.3) is 0 Å². The van der Waals surface area contributed by atoms with Crippen LogP contribution in [0.4, 0.5) is 0 Å². The molecule has 0 aromatic rings. The van der Waals surface area contributed by atoms with Crippen LogP contribution in [0, 0.1) is 11.3 Å². The van der Waals surface area contributed by atoms with E-state index in [0.717, 1.165) is 19.3 Å². The average Bonchev–Trinajstić information content (AvgIpc) is 1.92. The van der Waals surface area contributed by atoms with Gasteiger partial charge in [-0.2, -0.15) is 0 Å². The molecule has 0 spiro atoms. The van der Waals surface area contributed by atoms with Gasteiger partial charge in [0.15, 0.2) is 0 Å². The molecule has 1 aliphatic carbocycles. The molecule has 0 aliphatic heterocycles. The number of allylic oxidation sites excluding steroid dienone is 1. The van der Waals surface area contributed by atoms with Crippen LogP contribution in [0.3, 0.4) is 0 Å². The van der Waals surface area contributed by atoms with Crippen molar-refractivity contribution in [2.45, 2.75) is 52.5 Å². The molecule has 15 heavy (non-hydrogen) atoms. The van der Waals surface area contributed by atoms with Crippen molar-refractivity contribution in [3.63, 3.8) is 0 Å². The summed E-state index contributed by atoms with van der Waals surface area (Å²) in [6.45, 7) is 17.0. The fourth-order valence-electron chi connectivity index (χ4n) is 2.57. The van der Waals surface area contributed by atoms with Crippen molar-refractivity contribution >= 4 is 0 Å². The molecule has 1 rings (SSSR count). The second-order valence-corrected chi connectivity index (χ2v) is 6.54. The van der Waals surface area contributed by atoms with Gasteiger partial charge in [0.05, 0.1) is 0 Å². The predicted molar refractivity (Wildman–Crippen MR) is 67.7 cm³/mol. The molecule has 0 radical (unpaired) electrons. The smallest absolute Gasteiger partial charge is 0.0345 e. The Bertz CT molecular complexity index is 270. The highest BCUT2D eigenvalue weighted by atomic mass is 14.7. The zero-order chi connectivity index (χ0) is 11.9. The molecule has 0 saturated heterocycles. The lowest BCUT2D eigenvalue weighted by atomic mass is 9.67. The minimum Gasteiger partial charge on any atom is -0.322 e. The van der Waals surface area contributed by atoms with E-state index in [1.54, 1.807) is 0 Å². The first-order valence-electron chi connectivity index (χ1n) is 5.77. The third-order valence-electron chi connectivity index (χ3n) is 3.19. The third kappa shape index (κ3) is 3.20. The van der Waals surface area contributed by atoms with Crippen molar-refractivity contribution in [2.75, 3.05) is 0 Å². The molecular weight excluding hydrogens is 182 g/mol. The Kier molecular flexibility index (Phi) is 3.16. The summed E-state index contributed by atoms with van der Waals surface area (Å²) in [6, 6.07) is 0. The molecule has 0 aromatic heterocycles. The quantitative estimate of drug-likeness (QED) is 0.702. The lowest BCUT2D eigenvalue weighted by molar-refractivity contribution is 0.275. The third-order valence-corrected chi connectivity index (χ3v) is 3.19. The highest BCUT2D eigenvalue weighted by molar-refractivity contribution is 5.26. The molecule has 1 heteroatoms. The number of nitrogens with two attached hydrogens (primary N) is 1. The van der Waals surface area contributed by atoms with E-state index in [4.69, 9.17) is 5.73 Å². The van der Waals surface area contributed by atoms with Gasteiger partial charge in [-0.1, -0.05) is 45.1 Å². The van der Waals surface area contributed by atoms with Crippen LogP contribution in [0.5, 0.6) is 0 Å². The molecule has 1 atom stereocenters. The van der Waals surface area contributed by atoms with Gasteiger partial charge >= 0.3 is 0 Å². The summed E-state index contributed by atoms with van der Waals surface area (Å²) in [6.07, 6.45) is 3.17. The van der Waals surface area contributed by atoms with Crippen LogP contribution in [0.25, 0.3) is 0 Å². The zero-order valence-corrected chi connectivity index (χ0v) is 10.7. The van der Waals surface area contributed by atoms with Crippen LogP contribution in [0.2, 0.25) is 0 Å². The summed E-state index contributed by atoms with van der Waals surface area (Å²) in [5, 5.41) is 0. The van der Waals surface area contributed by atoms with Gasteiger partial charge in [-0.25, -0.2) is 0 Å². The van der Waals surface area contributed by atoms with Gasteiger partial charge in [0, 0.05) is 5.54 Å². The monoisotopic (exact) mass is 207 g/mol. The topological polar surface area (TPSA) is 26.0 Å². The van der Waals surface area contributed by atoms with E-state index in [2.05, 4.69) is 40.9 Å². The maximum absolute atomic E-state index is 6.37. The van der Waals surface area contributed by atoms with Crippen LogP contribution >= 0.6 is 0 Å². The molecule has 1 unspecified atom stereocenters. The summed E-state index contributed by atoms with van der Waals surface area (Å²) in [4.78, 5) is 0. The van der Waals surface area contributed by atoms with Crippen molar-refractivity contribution in [3.8, 4) is 0 Å². The summed E-state index contributed by atoms with van der Waals surface area (Å²) in [5.41, 5.74) is 8.95. The molecule has 1 fully saturated rings. The van der Waals surface area contributed by atoms with E-state index in [-0.39, 0.29) is 11.0 Å². The first-order chi connectivity index (χ1) is 6.62. The van der Waals surface area contributed by atoms with Crippen LogP contribution in [0.1, 0.15) is 47.0 Å². The Hall–Kier alpha value is -0.560. The minimum atomic E-state index is -0.233. The Labute approximate surface area is 94.4 Å². The second-order valence-electron chi connectivity index (χ2n) is 6.54. The van der Waals surface area contributed by atoms with E-state index in [1.165, 1.54) is 11.1 Å². The molecule has 0 aromatic carbocycles. The highest BCUT2D eigenvalue weighted by Gasteiger charge is 2.35. The molecule has 0 amide bonds. The summed E-state index contributed by atoms with van der Waals surface area (Å²) >= 11 is 0. The van der Waals surface area contributed by atoms with Gasteiger partial charge in [0.1, 0.15) is 0 Å². The molecule has 0 bridgehead atoms. The summed E-state index contributed by atoms with van der Waals surface area (Å²) in [7, 11) is 0. The van der Waals surface area contributed by atoms with E-state index in [0.29, 0.717) is 5.92 Å². The summed E-state index contributed by atoms with van der Waals surface area (Å²) < 4.78 is 0. The maximum atomic E-state index is 6.37. The predicted octanol–water partition coefficient (Wildman–Crippen LogP) is 3.66. The molecule has 0 heterocycles. The van der Waals surface area contributed by atoms with E-state index < -0.39 is 0 Å². The molecular formula is C14H25N.